The molecule has 26 heavy (non-hydrogen) atoms. The minimum absolute atomic E-state index is 0.353. The summed E-state index contributed by atoms with van der Waals surface area (Å²) in [6.45, 7) is 1.17. The van der Waals surface area contributed by atoms with Crippen LogP contribution >= 0.6 is 15.9 Å². The van der Waals surface area contributed by atoms with Gasteiger partial charge < -0.3 is 4.74 Å². The van der Waals surface area contributed by atoms with Crippen LogP contribution in [-0.4, -0.2) is 27.1 Å². The average molecular weight is 425 g/mol. The van der Waals surface area contributed by atoms with Crippen molar-refractivity contribution in [3.8, 4) is 5.75 Å². The van der Waals surface area contributed by atoms with E-state index in [1.54, 1.807) is 18.2 Å². The molecule has 1 heterocycles. The Hall–Kier alpha value is -2.88. The van der Waals surface area contributed by atoms with E-state index in [4.69, 9.17) is 4.74 Å². The first-order chi connectivity index (χ1) is 12.3. The first kappa shape index (κ1) is 19.4. The first-order valence-corrected chi connectivity index (χ1v) is 8.34. The van der Waals surface area contributed by atoms with Crippen LogP contribution in [0.4, 0.5) is 0 Å². The lowest BCUT2D eigenvalue weighted by molar-refractivity contribution is -0.133. The molecule has 1 aromatic carbocycles. The zero-order chi connectivity index (χ0) is 19.3. The highest BCUT2D eigenvalue weighted by Gasteiger charge is 2.16. The largest absolute Gasteiger partial charge is 0.481 e. The fourth-order valence-corrected chi connectivity index (χ4v) is 2.34. The van der Waals surface area contributed by atoms with Crippen molar-refractivity contribution in [2.75, 3.05) is 0 Å². The van der Waals surface area contributed by atoms with Gasteiger partial charge in [-0.25, -0.2) is 4.79 Å². The van der Waals surface area contributed by atoms with Gasteiger partial charge in [0.2, 0.25) is 0 Å². The molecule has 0 radical (unpaired) electrons. The van der Waals surface area contributed by atoms with Crippen LogP contribution in [0.15, 0.2) is 50.6 Å². The van der Waals surface area contributed by atoms with Gasteiger partial charge in [-0.2, -0.15) is 0 Å². The molecule has 0 aliphatic carbocycles. The number of amides is 2. The molecule has 138 valence electrons. The number of benzene rings is 1. The standard InChI is InChI=1S/C16H17BrN4O5/c1-10(26-12-5-3-4-11(17)8-12)15(24)19-18-13(22)9-21-7-6-14(23)20(2)16(21)25/h3-8,10H,9H2,1-2H3,(H,18,22)(H,19,24). The molecule has 2 N–H and O–H groups in total. The van der Waals surface area contributed by atoms with E-state index in [1.165, 1.54) is 26.2 Å². The van der Waals surface area contributed by atoms with Gasteiger partial charge in [0.1, 0.15) is 12.3 Å². The van der Waals surface area contributed by atoms with Gasteiger partial charge >= 0.3 is 5.69 Å². The summed E-state index contributed by atoms with van der Waals surface area (Å²) in [4.78, 5) is 47.0. The Kier molecular flexibility index (Phi) is 6.34. The summed E-state index contributed by atoms with van der Waals surface area (Å²) in [5, 5.41) is 0. The SMILES string of the molecule is CC(Oc1cccc(Br)c1)C(=O)NNC(=O)Cn1ccc(=O)n(C)c1=O. The third-order valence-corrected chi connectivity index (χ3v) is 3.87. The molecule has 2 aromatic rings. The van der Waals surface area contributed by atoms with Crippen LogP contribution in [0.2, 0.25) is 0 Å². The number of hydrazine groups is 1. The molecule has 0 saturated heterocycles. The van der Waals surface area contributed by atoms with E-state index in [9.17, 15) is 19.2 Å². The van der Waals surface area contributed by atoms with Crippen molar-refractivity contribution in [2.24, 2.45) is 7.05 Å². The zero-order valence-corrected chi connectivity index (χ0v) is 15.6. The van der Waals surface area contributed by atoms with Crippen molar-refractivity contribution in [3.63, 3.8) is 0 Å². The molecule has 1 unspecified atom stereocenters. The number of hydrogen-bond acceptors (Lipinski definition) is 5. The first-order valence-electron chi connectivity index (χ1n) is 7.55. The number of carbonyl (C=O) groups is 2. The highest BCUT2D eigenvalue weighted by Crippen LogP contribution is 2.18. The number of nitrogens with zero attached hydrogens (tertiary/aromatic N) is 2. The van der Waals surface area contributed by atoms with Crippen LogP contribution in [0.5, 0.6) is 5.75 Å². The van der Waals surface area contributed by atoms with Crippen molar-refractivity contribution >= 4 is 27.7 Å². The maximum atomic E-state index is 12.0. The van der Waals surface area contributed by atoms with Crippen molar-refractivity contribution in [1.29, 1.82) is 0 Å². The van der Waals surface area contributed by atoms with E-state index in [1.807, 2.05) is 6.07 Å². The summed E-state index contributed by atoms with van der Waals surface area (Å²) in [7, 11) is 1.31. The second kappa shape index (κ2) is 8.48. The van der Waals surface area contributed by atoms with Crippen molar-refractivity contribution in [1.82, 2.24) is 20.0 Å². The van der Waals surface area contributed by atoms with Crippen LogP contribution in [-0.2, 0) is 23.2 Å². The summed E-state index contributed by atoms with van der Waals surface area (Å²) in [5.41, 5.74) is 3.31. The molecule has 2 rings (SSSR count). The molecular weight excluding hydrogens is 408 g/mol. The molecule has 2 amide bonds. The Morgan fingerprint density at radius 2 is 1.96 bits per heavy atom. The van der Waals surface area contributed by atoms with Gasteiger partial charge in [-0.15, -0.1) is 0 Å². The van der Waals surface area contributed by atoms with E-state index in [2.05, 4.69) is 26.8 Å². The highest BCUT2D eigenvalue weighted by molar-refractivity contribution is 9.10. The quantitative estimate of drug-likeness (QED) is 0.652. The molecule has 0 aliphatic rings. The van der Waals surface area contributed by atoms with Gasteiger partial charge in [0.15, 0.2) is 6.10 Å². The number of hydrogen-bond donors (Lipinski definition) is 2. The average Bonchev–Trinajstić information content (AvgIpc) is 2.60. The topological polar surface area (TPSA) is 111 Å². The molecule has 1 aromatic heterocycles. The Morgan fingerprint density at radius 1 is 1.23 bits per heavy atom. The minimum Gasteiger partial charge on any atom is -0.481 e. The van der Waals surface area contributed by atoms with Gasteiger partial charge in [0.05, 0.1) is 0 Å². The summed E-state index contributed by atoms with van der Waals surface area (Å²) >= 11 is 3.30. The second-order valence-electron chi connectivity index (χ2n) is 5.38. The maximum absolute atomic E-state index is 12.0. The highest BCUT2D eigenvalue weighted by atomic mass is 79.9. The lowest BCUT2D eigenvalue weighted by Gasteiger charge is -2.15. The van der Waals surface area contributed by atoms with Crippen LogP contribution in [0.1, 0.15) is 6.92 Å². The Bertz CT molecular complexity index is 937. The van der Waals surface area contributed by atoms with Crippen molar-refractivity contribution in [3.05, 3.63) is 61.8 Å². The number of rotatable bonds is 5. The fourth-order valence-electron chi connectivity index (χ4n) is 1.96. The number of carbonyl (C=O) groups excluding carboxylic acids is 2. The van der Waals surface area contributed by atoms with Crippen LogP contribution in [0.3, 0.4) is 0 Å². The number of ether oxygens (including phenoxy) is 1. The van der Waals surface area contributed by atoms with Gasteiger partial charge in [-0.3, -0.25) is 34.4 Å². The third-order valence-electron chi connectivity index (χ3n) is 3.38. The Morgan fingerprint density at radius 3 is 2.65 bits per heavy atom. The normalized spacial score (nSPS) is 11.5. The van der Waals surface area contributed by atoms with Crippen molar-refractivity contribution < 1.29 is 14.3 Å². The molecule has 0 bridgehead atoms. The predicted molar refractivity (Wildman–Crippen MR) is 96.5 cm³/mol. The molecule has 1 atom stereocenters. The molecule has 0 saturated carbocycles. The summed E-state index contributed by atoms with van der Waals surface area (Å²) in [6.07, 6.45) is 0.357. The molecular formula is C16H17BrN4O5. The monoisotopic (exact) mass is 424 g/mol. The lowest BCUT2D eigenvalue weighted by atomic mass is 10.3. The molecule has 0 fully saturated rings. The Labute approximate surface area is 156 Å². The Balaban J connectivity index is 1.88. The second-order valence-corrected chi connectivity index (χ2v) is 6.29. The zero-order valence-electron chi connectivity index (χ0n) is 14.1. The lowest BCUT2D eigenvalue weighted by Crippen LogP contribution is -2.49. The van der Waals surface area contributed by atoms with Gasteiger partial charge in [-0.05, 0) is 25.1 Å². The maximum Gasteiger partial charge on any atom is 0.331 e. The minimum atomic E-state index is -0.857. The smallest absolute Gasteiger partial charge is 0.331 e. The van der Waals surface area contributed by atoms with E-state index < -0.39 is 29.2 Å². The summed E-state index contributed by atoms with van der Waals surface area (Å²) in [6, 6.07) is 8.14. The summed E-state index contributed by atoms with van der Waals surface area (Å²) in [5.74, 6) is -0.704. The predicted octanol–water partition coefficient (Wildman–Crippen LogP) is -0.0756. The fraction of sp³-hybridized carbons (Fsp3) is 0.250. The number of aromatic nitrogens is 2. The number of nitrogens with one attached hydrogen (secondary N) is 2. The van der Waals surface area contributed by atoms with E-state index in [0.717, 1.165) is 13.6 Å². The van der Waals surface area contributed by atoms with E-state index in [-0.39, 0.29) is 6.54 Å². The van der Waals surface area contributed by atoms with Crippen LogP contribution in [0, 0.1) is 0 Å². The van der Waals surface area contributed by atoms with Crippen LogP contribution < -0.4 is 26.8 Å². The van der Waals surface area contributed by atoms with Gasteiger partial charge in [0, 0.05) is 23.8 Å². The van der Waals surface area contributed by atoms with E-state index in [0.29, 0.717) is 5.75 Å². The van der Waals surface area contributed by atoms with Gasteiger partial charge in [-0.1, -0.05) is 22.0 Å². The van der Waals surface area contributed by atoms with Crippen molar-refractivity contribution in [2.45, 2.75) is 19.6 Å². The van der Waals surface area contributed by atoms with E-state index >= 15 is 0 Å². The molecule has 9 nitrogen and oxygen atoms in total. The van der Waals surface area contributed by atoms with Crippen LogP contribution in [0.25, 0.3) is 0 Å². The molecule has 0 aliphatic heterocycles. The molecule has 0 spiro atoms. The number of halogens is 1. The summed E-state index contributed by atoms with van der Waals surface area (Å²) < 4.78 is 8.19. The molecule has 10 heteroatoms. The van der Waals surface area contributed by atoms with Gasteiger partial charge in [0.25, 0.3) is 17.4 Å². The third kappa shape index (κ3) is 5.06.